The number of urea groups is 1. The van der Waals surface area contributed by atoms with Crippen molar-refractivity contribution < 1.29 is 4.79 Å². The number of nitrogens with one attached hydrogen (secondary N) is 2. The highest BCUT2D eigenvalue weighted by molar-refractivity contribution is 5.98. The Morgan fingerprint density at radius 3 is 2.50 bits per heavy atom. The number of carbonyl (C=O) groups is 1. The van der Waals surface area contributed by atoms with Crippen molar-refractivity contribution in [2.75, 3.05) is 10.6 Å². The highest BCUT2D eigenvalue weighted by Crippen LogP contribution is 2.20. The lowest BCUT2D eigenvalue weighted by atomic mass is 10.2. The fourth-order valence-electron chi connectivity index (χ4n) is 2.85. The summed E-state index contributed by atoms with van der Waals surface area (Å²) in [5, 5.41) is 13.5. The van der Waals surface area contributed by atoms with Crippen LogP contribution in [-0.4, -0.2) is 35.7 Å². The van der Waals surface area contributed by atoms with Gasteiger partial charge in [0.05, 0.1) is 5.69 Å². The Kier molecular flexibility index (Phi) is 5.42. The van der Waals surface area contributed by atoms with Gasteiger partial charge in [0.1, 0.15) is 23.7 Å². The number of hydrogen-bond acceptors (Lipinski definition) is 6. The normalized spacial score (nSPS) is 10.8. The van der Waals surface area contributed by atoms with E-state index in [0.29, 0.717) is 23.2 Å². The van der Waals surface area contributed by atoms with E-state index >= 15 is 0 Å². The first-order chi connectivity index (χ1) is 14.6. The Morgan fingerprint density at radius 2 is 1.77 bits per heavy atom. The zero-order valence-electron chi connectivity index (χ0n) is 16.5. The maximum atomic E-state index is 12.4. The van der Waals surface area contributed by atoms with Crippen LogP contribution in [0, 0.1) is 0 Å². The van der Waals surface area contributed by atoms with Crippen LogP contribution in [0.15, 0.2) is 67.3 Å². The summed E-state index contributed by atoms with van der Waals surface area (Å²) >= 11 is 0. The third-order valence-corrected chi connectivity index (χ3v) is 4.31. The number of aromatic nitrogens is 6. The van der Waals surface area contributed by atoms with Crippen LogP contribution in [-0.2, 0) is 0 Å². The van der Waals surface area contributed by atoms with Gasteiger partial charge in [-0.15, -0.1) is 10.2 Å². The summed E-state index contributed by atoms with van der Waals surface area (Å²) < 4.78 is 1.92. The molecule has 2 N–H and O–H groups in total. The summed E-state index contributed by atoms with van der Waals surface area (Å²) in [5.41, 5.74) is 2.30. The van der Waals surface area contributed by atoms with E-state index in [1.54, 1.807) is 36.9 Å². The van der Waals surface area contributed by atoms with Gasteiger partial charge in [0.15, 0.2) is 5.82 Å². The minimum Gasteiger partial charge on any atom is -0.310 e. The minimum absolute atomic E-state index is 0.192. The number of hydrogen-bond donors (Lipinski definition) is 2. The summed E-state index contributed by atoms with van der Waals surface area (Å²) in [6.07, 6.45) is 5.05. The highest BCUT2D eigenvalue weighted by atomic mass is 16.2. The average Bonchev–Trinajstić information content (AvgIpc) is 3.25. The molecular formula is C21H20N8O. The molecule has 4 aromatic heterocycles. The summed E-state index contributed by atoms with van der Waals surface area (Å²) in [7, 11) is 0. The van der Waals surface area contributed by atoms with Crippen molar-refractivity contribution in [2.24, 2.45) is 0 Å². The number of carbonyl (C=O) groups excluding carboxylic acids is 1. The minimum atomic E-state index is -0.442. The van der Waals surface area contributed by atoms with Crippen molar-refractivity contribution in [3.8, 4) is 22.8 Å². The van der Waals surface area contributed by atoms with Gasteiger partial charge < -0.3 is 4.57 Å². The number of anilines is 2. The molecule has 0 saturated carbocycles. The van der Waals surface area contributed by atoms with Gasteiger partial charge >= 0.3 is 6.03 Å². The molecule has 0 radical (unpaired) electrons. The molecule has 0 atom stereocenters. The van der Waals surface area contributed by atoms with Crippen molar-refractivity contribution in [1.82, 2.24) is 29.7 Å². The zero-order valence-corrected chi connectivity index (χ0v) is 16.5. The standard InChI is InChI=1S/C21H20N8O/c1-14(2)29-13-24-28-20(29)17-7-5-8-19(25-17)27-21(30)26-18-10-9-15(12-23-18)16-6-3-4-11-22-16/h3-14H,1-2H3,(H2,23,25,26,27,30). The van der Waals surface area contributed by atoms with E-state index in [9.17, 15) is 4.79 Å². The van der Waals surface area contributed by atoms with Crippen LogP contribution in [0.3, 0.4) is 0 Å². The predicted octanol–water partition coefficient (Wildman–Crippen LogP) is 4.02. The molecule has 150 valence electrons. The van der Waals surface area contributed by atoms with Crippen LogP contribution in [0.4, 0.5) is 16.4 Å². The predicted molar refractivity (Wildman–Crippen MR) is 114 cm³/mol. The number of amides is 2. The van der Waals surface area contributed by atoms with Gasteiger partial charge in [-0.05, 0) is 50.2 Å². The first-order valence-electron chi connectivity index (χ1n) is 9.42. The van der Waals surface area contributed by atoms with Gasteiger partial charge in [-0.3, -0.25) is 15.6 Å². The quantitative estimate of drug-likeness (QED) is 0.523. The molecular weight excluding hydrogens is 380 g/mol. The van der Waals surface area contributed by atoms with Crippen molar-refractivity contribution >= 4 is 17.7 Å². The second kappa shape index (κ2) is 8.48. The molecule has 0 unspecified atom stereocenters. The Morgan fingerprint density at radius 1 is 0.933 bits per heavy atom. The fourth-order valence-corrected chi connectivity index (χ4v) is 2.85. The molecule has 0 aliphatic heterocycles. The first kappa shape index (κ1) is 19.2. The van der Waals surface area contributed by atoms with Crippen LogP contribution >= 0.6 is 0 Å². The number of pyridine rings is 3. The summed E-state index contributed by atoms with van der Waals surface area (Å²) in [6, 6.07) is 14.3. The zero-order chi connectivity index (χ0) is 20.9. The highest BCUT2D eigenvalue weighted by Gasteiger charge is 2.12. The van der Waals surface area contributed by atoms with Gasteiger partial charge in [0.25, 0.3) is 0 Å². The molecule has 4 rings (SSSR count). The lowest BCUT2D eigenvalue weighted by molar-refractivity contribution is 0.262. The molecule has 9 heteroatoms. The fraction of sp³-hybridized carbons (Fsp3) is 0.143. The molecule has 0 saturated heterocycles. The largest absolute Gasteiger partial charge is 0.326 e. The third-order valence-electron chi connectivity index (χ3n) is 4.31. The van der Waals surface area contributed by atoms with Crippen LogP contribution < -0.4 is 10.6 Å². The van der Waals surface area contributed by atoms with E-state index in [2.05, 4.69) is 35.8 Å². The Labute approximate surface area is 173 Å². The summed E-state index contributed by atoms with van der Waals surface area (Å²) in [4.78, 5) is 25.4. The maximum Gasteiger partial charge on any atom is 0.326 e. The van der Waals surface area contributed by atoms with Crippen molar-refractivity contribution in [1.29, 1.82) is 0 Å². The van der Waals surface area contributed by atoms with Gasteiger partial charge in [0.2, 0.25) is 0 Å². The second-order valence-corrected chi connectivity index (χ2v) is 6.79. The van der Waals surface area contributed by atoms with Crippen molar-refractivity contribution in [3.63, 3.8) is 0 Å². The molecule has 0 aromatic carbocycles. The van der Waals surface area contributed by atoms with Crippen LogP contribution in [0.1, 0.15) is 19.9 Å². The van der Waals surface area contributed by atoms with Crippen molar-refractivity contribution in [3.05, 3.63) is 67.3 Å². The van der Waals surface area contributed by atoms with Crippen LogP contribution in [0.2, 0.25) is 0 Å². The molecule has 2 amide bonds. The molecule has 9 nitrogen and oxygen atoms in total. The van der Waals surface area contributed by atoms with Crippen LogP contribution in [0.25, 0.3) is 22.8 Å². The lowest BCUT2D eigenvalue weighted by Gasteiger charge is -2.11. The SMILES string of the molecule is CC(C)n1cnnc1-c1cccc(NC(=O)Nc2ccc(-c3ccccn3)cn2)n1. The number of nitrogens with zero attached hydrogens (tertiary/aromatic N) is 6. The molecule has 0 aliphatic rings. The Balaban J connectivity index is 1.44. The molecule has 30 heavy (non-hydrogen) atoms. The van der Waals surface area contributed by atoms with E-state index in [0.717, 1.165) is 11.3 Å². The molecule has 0 fully saturated rings. The van der Waals surface area contributed by atoms with Gasteiger partial charge in [-0.25, -0.2) is 14.8 Å². The first-order valence-corrected chi connectivity index (χ1v) is 9.42. The Hall–Kier alpha value is -4.14. The van der Waals surface area contributed by atoms with Crippen LogP contribution in [0.5, 0.6) is 0 Å². The molecule has 0 spiro atoms. The van der Waals surface area contributed by atoms with E-state index in [4.69, 9.17) is 0 Å². The Bertz CT molecular complexity index is 1140. The smallest absolute Gasteiger partial charge is 0.310 e. The summed E-state index contributed by atoms with van der Waals surface area (Å²) in [5.74, 6) is 1.46. The monoisotopic (exact) mass is 400 g/mol. The topological polar surface area (TPSA) is 111 Å². The average molecular weight is 400 g/mol. The molecule has 0 bridgehead atoms. The molecule has 4 heterocycles. The van der Waals surface area contributed by atoms with Gasteiger partial charge in [0, 0.05) is 24.0 Å². The lowest BCUT2D eigenvalue weighted by Crippen LogP contribution is -2.20. The third kappa shape index (κ3) is 4.30. The molecule has 4 aromatic rings. The van der Waals surface area contributed by atoms with E-state index in [1.165, 1.54) is 0 Å². The molecule has 0 aliphatic carbocycles. The second-order valence-electron chi connectivity index (χ2n) is 6.79. The summed E-state index contributed by atoms with van der Waals surface area (Å²) in [6.45, 7) is 4.07. The van der Waals surface area contributed by atoms with E-state index in [1.807, 2.05) is 48.7 Å². The van der Waals surface area contributed by atoms with Gasteiger partial charge in [-0.1, -0.05) is 12.1 Å². The maximum absolute atomic E-state index is 12.4. The number of rotatable bonds is 5. The van der Waals surface area contributed by atoms with Gasteiger partial charge in [-0.2, -0.15) is 0 Å². The van der Waals surface area contributed by atoms with Crippen molar-refractivity contribution in [2.45, 2.75) is 19.9 Å². The van der Waals surface area contributed by atoms with E-state index in [-0.39, 0.29) is 6.04 Å². The van der Waals surface area contributed by atoms with E-state index < -0.39 is 6.03 Å².